The molecule has 114 valence electrons. The monoisotopic (exact) mass is 304 g/mol. The van der Waals surface area contributed by atoms with Crippen molar-refractivity contribution in [2.24, 2.45) is 0 Å². The smallest absolute Gasteiger partial charge is 0.408 e. The zero-order valence-electron chi connectivity index (χ0n) is 10.6. The van der Waals surface area contributed by atoms with Crippen LogP contribution in [0.3, 0.4) is 0 Å². The van der Waals surface area contributed by atoms with E-state index in [2.05, 4.69) is 0 Å². The van der Waals surface area contributed by atoms with Crippen molar-refractivity contribution in [1.82, 2.24) is 9.88 Å². The fraction of sp³-hybridized carbons (Fsp3) is 0.333. The second-order valence-electron chi connectivity index (χ2n) is 4.28. The zero-order chi connectivity index (χ0) is 15.6. The van der Waals surface area contributed by atoms with Crippen LogP contribution in [0.25, 0.3) is 11.1 Å². The topological polar surface area (TPSA) is 84.5 Å². The number of aliphatic hydroxyl groups is 1. The van der Waals surface area contributed by atoms with Crippen LogP contribution in [0, 0.1) is 0 Å². The van der Waals surface area contributed by atoms with E-state index in [1.807, 2.05) is 5.32 Å². The number of carbonyl (C=O) groups excluding carboxylic acids is 1. The third-order valence-electron chi connectivity index (χ3n) is 2.75. The van der Waals surface area contributed by atoms with Crippen LogP contribution in [0.1, 0.15) is 0 Å². The highest BCUT2D eigenvalue weighted by Crippen LogP contribution is 2.19. The summed E-state index contributed by atoms with van der Waals surface area (Å²) in [4.78, 5) is 23.1. The molecule has 2 rings (SSSR count). The van der Waals surface area contributed by atoms with Crippen LogP contribution in [0.4, 0.5) is 13.2 Å². The molecule has 1 amide bonds. The highest BCUT2D eigenvalue weighted by atomic mass is 19.4. The summed E-state index contributed by atoms with van der Waals surface area (Å²) in [6, 6.07) is 6.32. The van der Waals surface area contributed by atoms with Crippen LogP contribution >= 0.6 is 0 Å². The average molecular weight is 304 g/mol. The number of alkyl halides is 3. The molecule has 21 heavy (non-hydrogen) atoms. The van der Waals surface area contributed by atoms with Gasteiger partial charge in [-0.1, -0.05) is 12.1 Å². The molecule has 0 saturated carbocycles. The van der Waals surface area contributed by atoms with Crippen LogP contribution in [0.2, 0.25) is 0 Å². The number of oxazole rings is 1. The number of rotatable bonds is 4. The van der Waals surface area contributed by atoms with Crippen LogP contribution in [0.5, 0.6) is 0 Å². The SMILES string of the molecule is O=C(Cn1c(=O)oc2ccccc21)NCC(O)C(F)(F)F. The number of aromatic nitrogens is 1. The summed E-state index contributed by atoms with van der Waals surface area (Å²) in [5, 5.41) is 10.7. The molecule has 1 atom stereocenters. The van der Waals surface area contributed by atoms with Crippen LogP contribution in [-0.2, 0) is 11.3 Å². The van der Waals surface area contributed by atoms with Gasteiger partial charge in [-0.3, -0.25) is 9.36 Å². The van der Waals surface area contributed by atoms with E-state index in [0.29, 0.717) is 5.52 Å². The van der Waals surface area contributed by atoms with Gasteiger partial charge in [0.05, 0.1) is 12.1 Å². The Morgan fingerprint density at radius 1 is 1.38 bits per heavy atom. The van der Waals surface area contributed by atoms with Gasteiger partial charge in [-0.05, 0) is 12.1 Å². The number of hydrogen-bond donors (Lipinski definition) is 2. The van der Waals surface area contributed by atoms with Gasteiger partial charge in [0.15, 0.2) is 11.7 Å². The molecule has 6 nitrogen and oxygen atoms in total. The normalized spacial score (nSPS) is 13.3. The Morgan fingerprint density at radius 3 is 2.71 bits per heavy atom. The Morgan fingerprint density at radius 2 is 2.05 bits per heavy atom. The predicted molar refractivity (Wildman–Crippen MR) is 65.5 cm³/mol. The molecule has 0 bridgehead atoms. The lowest BCUT2D eigenvalue weighted by Crippen LogP contribution is -2.42. The van der Waals surface area contributed by atoms with Crippen molar-refractivity contribution in [3.8, 4) is 0 Å². The van der Waals surface area contributed by atoms with Crippen LogP contribution in [0.15, 0.2) is 33.5 Å². The molecule has 2 aromatic rings. The van der Waals surface area contributed by atoms with Gasteiger partial charge >= 0.3 is 11.9 Å². The summed E-state index contributed by atoms with van der Waals surface area (Å²) in [5.41, 5.74) is 0.625. The van der Waals surface area contributed by atoms with E-state index in [-0.39, 0.29) is 5.58 Å². The van der Waals surface area contributed by atoms with Gasteiger partial charge < -0.3 is 14.8 Å². The molecule has 1 heterocycles. The van der Waals surface area contributed by atoms with Crippen molar-refractivity contribution >= 4 is 17.0 Å². The summed E-state index contributed by atoms with van der Waals surface area (Å²) in [6.45, 7) is -1.48. The first-order valence-corrected chi connectivity index (χ1v) is 5.89. The molecule has 0 fully saturated rings. The maximum Gasteiger partial charge on any atom is 0.420 e. The third-order valence-corrected chi connectivity index (χ3v) is 2.75. The molecule has 0 spiro atoms. The fourth-order valence-corrected chi connectivity index (χ4v) is 1.69. The standard InChI is InChI=1S/C12H11F3N2O4/c13-12(14,15)9(18)5-16-10(19)6-17-7-3-1-2-4-8(7)21-11(17)20/h1-4,9,18H,5-6H2,(H,16,19). The summed E-state index contributed by atoms with van der Waals surface area (Å²) in [7, 11) is 0. The molecular formula is C12H11F3N2O4. The van der Waals surface area contributed by atoms with Crippen molar-refractivity contribution in [2.75, 3.05) is 6.54 Å². The number of benzene rings is 1. The molecule has 0 radical (unpaired) electrons. The summed E-state index contributed by atoms with van der Waals surface area (Å²) in [6.07, 6.45) is -7.47. The lowest BCUT2D eigenvalue weighted by Gasteiger charge is -2.14. The molecule has 1 unspecified atom stereocenters. The number of amides is 1. The van der Waals surface area contributed by atoms with Gasteiger partial charge in [0.1, 0.15) is 6.54 Å². The van der Waals surface area contributed by atoms with E-state index in [9.17, 15) is 22.8 Å². The first-order valence-electron chi connectivity index (χ1n) is 5.89. The largest absolute Gasteiger partial charge is 0.420 e. The third kappa shape index (κ3) is 3.43. The maximum absolute atomic E-state index is 12.1. The second-order valence-corrected chi connectivity index (χ2v) is 4.28. The van der Waals surface area contributed by atoms with Crippen molar-refractivity contribution in [2.45, 2.75) is 18.8 Å². The average Bonchev–Trinajstić information content (AvgIpc) is 2.71. The van der Waals surface area contributed by atoms with Gasteiger partial charge in [0.2, 0.25) is 5.91 Å². The van der Waals surface area contributed by atoms with E-state index in [1.165, 1.54) is 12.1 Å². The van der Waals surface area contributed by atoms with Crippen molar-refractivity contribution in [3.63, 3.8) is 0 Å². The Balaban J connectivity index is 2.05. The maximum atomic E-state index is 12.1. The number of para-hydroxylation sites is 2. The number of nitrogens with one attached hydrogen (secondary N) is 1. The molecule has 0 aliphatic rings. The molecule has 0 saturated heterocycles. The summed E-state index contributed by atoms with van der Waals surface area (Å²) < 4.78 is 42.1. The van der Waals surface area contributed by atoms with Crippen LogP contribution < -0.4 is 11.1 Å². The van der Waals surface area contributed by atoms with E-state index >= 15 is 0 Å². The number of halogens is 3. The fourth-order valence-electron chi connectivity index (χ4n) is 1.69. The number of nitrogens with zero attached hydrogens (tertiary/aromatic N) is 1. The molecule has 1 aromatic heterocycles. The van der Waals surface area contributed by atoms with E-state index in [1.54, 1.807) is 12.1 Å². The molecule has 9 heteroatoms. The van der Waals surface area contributed by atoms with Gasteiger partial charge in [-0.25, -0.2) is 4.79 Å². The minimum absolute atomic E-state index is 0.269. The molecule has 0 aliphatic heterocycles. The van der Waals surface area contributed by atoms with Gasteiger partial charge in [-0.2, -0.15) is 13.2 Å². The van der Waals surface area contributed by atoms with E-state index in [4.69, 9.17) is 9.52 Å². The number of hydrogen-bond acceptors (Lipinski definition) is 4. The highest BCUT2D eigenvalue weighted by Gasteiger charge is 2.38. The zero-order valence-corrected chi connectivity index (χ0v) is 10.6. The van der Waals surface area contributed by atoms with Gasteiger partial charge in [-0.15, -0.1) is 0 Å². The van der Waals surface area contributed by atoms with Crippen molar-refractivity contribution in [1.29, 1.82) is 0 Å². The minimum Gasteiger partial charge on any atom is -0.408 e. The summed E-state index contributed by atoms with van der Waals surface area (Å²) in [5.74, 6) is -1.63. The van der Waals surface area contributed by atoms with Gasteiger partial charge in [0, 0.05) is 0 Å². The minimum atomic E-state index is -4.81. The van der Waals surface area contributed by atoms with Crippen molar-refractivity contribution in [3.05, 3.63) is 34.8 Å². The molecule has 2 N–H and O–H groups in total. The lowest BCUT2D eigenvalue weighted by molar-refractivity contribution is -0.201. The Hall–Kier alpha value is -2.29. The predicted octanol–water partition coefficient (Wildman–Crippen LogP) is 0.634. The molecule has 1 aromatic carbocycles. The van der Waals surface area contributed by atoms with Crippen LogP contribution in [-0.4, -0.2) is 34.4 Å². The Bertz CT molecular complexity index is 704. The number of carbonyl (C=O) groups is 1. The van der Waals surface area contributed by atoms with Gasteiger partial charge in [0.25, 0.3) is 0 Å². The summed E-state index contributed by atoms with van der Waals surface area (Å²) >= 11 is 0. The molecular weight excluding hydrogens is 293 g/mol. The van der Waals surface area contributed by atoms with E-state index < -0.39 is 37.0 Å². The first-order chi connectivity index (χ1) is 9.79. The number of aliphatic hydroxyl groups excluding tert-OH is 1. The Kier molecular flexibility index (Phi) is 4.03. The van der Waals surface area contributed by atoms with E-state index in [0.717, 1.165) is 4.57 Å². The number of fused-ring (bicyclic) bond motifs is 1. The highest BCUT2D eigenvalue weighted by molar-refractivity contribution is 5.79. The molecule has 0 aliphatic carbocycles. The Labute approximate surface area is 115 Å². The second kappa shape index (κ2) is 5.60. The first kappa shape index (κ1) is 15.1. The lowest BCUT2D eigenvalue weighted by atomic mass is 10.3. The quantitative estimate of drug-likeness (QED) is 0.868. The van der Waals surface area contributed by atoms with Crippen molar-refractivity contribution < 1.29 is 27.5 Å².